The molecule has 26 heavy (non-hydrogen) atoms. The number of fused-ring (bicyclic) bond motifs is 1. The van der Waals surface area contributed by atoms with E-state index in [-0.39, 0.29) is 18.1 Å². The van der Waals surface area contributed by atoms with Crippen molar-refractivity contribution in [3.05, 3.63) is 34.6 Å². The molecule has 1 aromatic heterocycles. The molecule has 2 heterocycles. The van der Waals surface area contributed by atoms with Gasteiger partial charge in [-0.05, 0) is 18.1 Å². The van der Waals surface area contributed by atoms with E-state index in [4.69, 9.17) is 4.74 Å². The van der Waals surface area contributed by atoms with Gasteiger partial charge in [-0.25, -0.2) is 4.98 Å². The number of aromatic nitrogens is 2. The Morgan fingerprint density at radius 1 is 1.19 bits per heavy atom. The van der Waals surface area contributed by atoms with Gasteiger partial charge in [0.05, 0.1) is 11.0 Å². The zero-order chi connectivity index (χ0) is 18.7. The summed E-state index contributed by atoms with van der Waals surface area (Å²) in [7, 11) is 1.52. The number of ether oxygens (including phenoxy) is 1. The van der Waals surface area contributed by atoms with E-state index >= 15 is 0 Å². The van der Waals surface area contributed by atoms with E-state index in [9.17, 15) is 9.59 Å². The number of nitrogens with zero attached hydrogens (tertiary/aromatic N) is 4. The van der Waals surface area contributed by atoms with Crippen LogP contribution in [-0.4, -0.2) is 60.3 Å². The highest BCUT2D eigenvalue weighted by Gasteiger charge is 2.24. The van der Waals surface area contributed by atoms with E-state index in [0.29, 0.717) is 44.5 Å². The van der Waals surface area contributed by atoms with Crippen molar-refractivity contribution in [1.29, 1.82) is 0 Å². The third-order valence-corrected chi connectivity index (χ3v) is 4.58. The molecule has 0 saturated carbocycles. The number of carbonyl (C=O) groups is 1. The molecule has 0 spiro atoms. The van der Waals surface area contributed by atoms with Crippen molar-refractivity contribution in [2.24, 2.45) is 5.92 Å². The third-order valence-electron chi connectivity index (χ3n) is 4.58. The fraction of sp³-hybridized carbons (Fsp3) is 0.526. The monoisotopic (exact) mass is 358 g/mol. The molecule has 1 aliphatic rings. The molecule has 1 aliphatic heterocycles. The predicted octanol–water partition coefficient (Wildman–Crippen LogP) is 1.35. The van der Waals surface area contributed by atoms with Crippen LogP contribution in [-0.2, 0) is 16.1 Å². The first-order valence-electron chi connectivity index (χ1n) is 9.02. The second kappa shape index (κ2) is 7.86. The number of anilines is 1. The molecule has 3 rings (SSSR count). The van der Waals surface area contributed by atoms with Gasteiger partial charge in [0, 0.05) is 39.8 Å². The van der Waals surface area contributed by atoms with Crippen LogP contribution in [0.3, 0.4) is 0 Å². The number of benzene rings is 1. The zero-order valence-corrected chi connectivity index (χ0v) is 15.6. The summed E-state index contributed by atoms with van der Waals surface area (Å²) < 4.78 is 6.74. The van der Waals surface area contributed by atoms with Crippen LogP contribution in [0.4, 0.5) is 5.82 Å². The Balaban J connectivity index is 1.90. The Labute approximate surface area is 153 Å². The van der Waals surface area contributed by atoms with Crippen molar-refractivity contribution in [1.82, 2.24) is 14.5 Å². The topological polar surface area (TPSA) is 67.7 Å². The second-order valence-corrected chi connectivity index (χ2v) is 7.03. The Hall–Kier alpha value is -2.41. The van der Waals surface area contributed by atoms with Gasteiger partial charge in [0.25, 0.3) is 5.56 Å². The van der Waals surface area contributed by atoms with Crippen LogP contribution in [0.15, 0.2) is 29.1 Å². The number of methoxy groups -OCH3 is 1. The fourth-order valence-corrected chi connectivity index (χ4v) is 3.31. The van der Waals surface area contributed by atoms with Crippen molar-refractivity contribution in [2.75, 3.05) is 44.8 Å². The largest absolute Gasteiger partial charge is 0.375 e. The minimum Gasteiger partial charge on any atom is -0.375 e. The number of hydrogen-bond acceptors (Lipinski definition) is 5. The van der Waals surface area contributed by atoms with Crippen molar-refractivity contribution in [3.8, 4) is 0 Å². The lowest BCUT2D eigenvalue weighted by atomic mass is 10.2. The molecule has 1 saturated heterocycles. The average Bonchev–Trinajstić information content (AvgIpc) is 2.64. The van der Waals surface area contributed by atoms with E-state index < -0.39 is 0 Å². The minimum atomic E-state index is -0.0610. The lowest BCUT2D eigenvalue weighted by Crippen LogP contribution is -2.51. The molecule has 0 unspecified atom stereocenters. The molecule has 0 aliphatic carbocycles. The molecule has 7 nitrogen and oxygen atoms in total. The Kier molecular flexibility index (Phi) is 5.56. The number of rotatable bonds is 5. The van der Waals surface area contributed by atoms with Crippen molar-refractivity contribution >= 4 is 22.8 Å². The number of para-hydroxylation sites is 2. The number of carbonyl (C=O) groups excluding carboxylic acids is 1. The first-order valence-corrected chi connectivity index (χ1v) is 9.02. The first-order chi connectivity index (χ1) is 12.5. The predicted molar refractivity (Wildman–Crippen MR) is 102 cm³/mol. The zero-order valence-electron chi connectivity index (χ0n) is 15.6. The average molecular weight is 358 g/mol. The summed E-state index contributed by atoms with van der Waals surface area (Å²) in [6.07, 6.45) is 0. The van der Waals surface area contributed by atoms with Gasteiger partial charge in [0.15, 0.2) is 5.82 Å². The molecule has 140 valence electrons. The van der Waals surface area contributed by atoms with Crippen molar-refractivity contribution in [3.63, 3.8) is 0 Å². The second-order valence-electron chi connectivity index (χ2n) is 7.03. The SMILES string of the molecule is COCC(=O)N1CCN(c2nc3ccccc3n(CC(C)C)c2=O)CC1. The van der Waals surface area contributed by atoms with Crippen LogP contribution in [0.2, 0.25) is 0 Å². The summed E-state index contributed by atoms with van der Waals surface area (Å²) in [5.74, 6) is 0.814. The van der Waals surface area contributed by atoms with Gasteiger partial charge in [-0.15, -0.1) is 0 Å². The van der Waals surface area contributed by atoms with E-state index in [1.54, 1.807) is 4.90 Å². The molecule has 1 aromatic carbocycles. The van der Waals surface area contributed by atoms with Gasteiger partial charge < -0.3 is 19.1 Å². The molecule has 1 fully saturated rings. The highest BCUT2D eigenvalue weighted by atomic mass is 16.5. The van der Waals surface area contributed by atoms with Crippen LogP contribution in [0.5, 0.6) is 0 Å². The third kappa shape index (κ3) is 3.72. The summed E-state index contributed by atoms with van der Waals surface area (Å²) in [6.45, 7) is 7.27. The van der Waals surface area contributed by atoms with Gasteiger partial charge in [0.2, 0.25) is 5.91 Å². The van der Waals surface area contributed by atoms with Gasteiger partial charge in [-0.2, -0.15) is 0 Å². The Bertz CT molecular complexity index is 838. The summed E-state index contributed by atoms with van der Waals surface area (Å²) in [6, 6.07) is 7.75. The van der Waals surface area contributed by atoms with Crippen LogP contribution in [0.25, 0.3) is 11.0 Å². The molecule has 0 N–H and O–H groups in total. The van der Waals surface area contributed by atoms with E-state index in [2.05, 4.69) is 18.8 Å². The lowest BCUT2D eigenvalue weighted by molar-refractivity contribution is -0.135. The van der Waals surface area contributed by atoms with Gasteiger partial charge in [-0.1, -0.05) is 26.0 Å². The van der Waals surface area contributed by atoms with E-state index in [0.717, 1.165) is 11.0 Å². The summed E-state index contributed by atoms with van der Waals surface area (Å²) >= 11 is 0. The number of hydrogen-bond donors (Lipinski definition) is 0. The van der Waals surface area contributed by atoms with Crippen molar-refractivity contribution < 1.29 is 9.53 Å². The van der Waals surface area contributed by atoms with Crippen LogP contribution < -0.4 is 10.5 Å². The van der Waals surface area contributed by atoms with Gasteiger partial charge in [-0.3, -0.25) is 9.59 Å². The van der Waals surface area contributed by atoms with Crippen molar-refractivity contribution in [2.45, 2.75) is 20.4 Å². The summed E-state index contributed by atoms with van der Waals surface area (Å²) in [4.78, 5) is 33.5. The molecule has 7 heteroatoms. The van der Waals surface area contributed by atoms with Crippen LogP contribution in [0, 0.1) is 5.92 Å². The van der Waals surface area contributed by atoms with Crippen LogP contribution >= 0.6 is 0 Å². The Morgan fingerprint density at radius 2 is 1.88 bits per heavy atom. The standard InChI is InChI=1S/C19H26N4O3/c1-14(2)12-23-16-7-5-4-6-15(16)20-18(19(23)25)22-10-8-21(9-11-22)17(24)13-26-3/h4-7,14H,8-13H2,1-3H3. The van der Waals surface area contributed by atoms with Gasteiger partial charge >= 0.3 is 0 Å². The molecule has 0 radical (unpaired) electrons. The molecule has 0 bridgehead atoms. The minimum absolute atomic E-state index is 0.0177. The quantitative estimate of drug-likeness (QED) is 0.807. The maximum Gasteiger partial charge on any atom is 0.294 e. The molecular formula is C19H26N4O3. The van der Waals surface area contributed by atoms with Gasteiger partial charge in [0.1, 0.15) is 6.61 Å². The number of amides is 1. The maximum atomic E-state index is 13.1. The Morgan fingerprint density at radius 3 is 2.54 bits per heavy atom. The number of piperazine rings is 1. The smallest absolute Gasteiger partial charge is 0.294 e. The summed E-state index contributed by atoms with van der Waals surface area (Å²) in [5, 5.41) is 0. The molecule has 1 amide bonds. The normalized spacial score (nSPS) is 15.1. The molecular weight excluding hydrogens is 332 g/mol. The van der Waals surface area contributed by atoms with E-state index in [1.165, 1.54) is 7.11 Å². The van der Waals surface area contributed by atoms with Crippen LogP contribution in [0.1, 0.15) is 13.8 Å². The molecule has 0 atom stereocenters. The van der Waals surface area contributed by atoms with E-state index in [1.807, 2.05) is 33.7 Å². The first kappa shape index (κ1) is 18.4. The summed E-state index contributed by atoms with van der Waals surface area (Å²) in [5.41, 5.74) is 1.62. The maximum absolute atomic E-state index is 13.1. The highest BCUT2D eigenvalue weighted by Crippen LogP contribution is 2.17. The lowest BCUT2D eigenvalue weighted by Gasteiger charge is -2.35. The fourth-order valence-electron chi connectivity index (χ4n) is 3.31. The molecule has 2 aromatic rings. The highest BCUT2D eigenvalue weighted by molar-refractivity contribution is 5.78.